The normalized spacial score (nSPS) is 15.1. The van der Waals surface area contributed by atoms with E-state index >= 15 is 0 Å². The molecule has 3 aromatic carbocycles. The van der Waals surface area contributed by atoms with Gasteiger partial charge in [0, 0.05) is 0 Å². The maximum Gasteiger partial charge on any atom is 0.335 e. The minimum absolute atomic E-state index is 0.165. The van der Waals surface area contributed by atoms with Gasteiger partial charge in [0.2, 0.25) is 0 Å². The Kier molecular flexibility index (Phi) is 6.37. The predicted octanol–water partition coefficient (Wildman–Crippen LogP) is 5.14. The summed E-state index contributed by atoms with van der Waals surface area (Å²) in [5.74, 6) is -1.25. The molecule has 1 aliphatic rings. The van der Waals surface area contributed by atoms with Crippen molar-refractivity contribution in [1.82, 2.24) is 5.32 Å². The average Bonchev–Trinajstić information content (AvgIpc) is 2.78. The van der Waals surface area contributed by atoms with Crippen molar-refractivity contribution >= 4 is 45.5 Å². The van der Waals surface area contributed by atoms with Crippen LogP contribution in [0.3, 0.4) is 0 Å². The van der Waals surface area contributed by atoms with Crippen molar-refractivity contribution in [3.05, 3.63) is 99.3 Å². The third-order valence-corrected chi connectivity index (χ3v) is 5.59. The van der Waals surface area contributed by atoms with Crippen LogP contribution in [-0.4, -0.2) is 17.8 Å². The summed E-state index contributed by atoms with van der Waals surface area (Å²) in [5.41, 5.74) is 2.55. The molecule has 0 atom stereocenters. The summed E-state index contributed by atoms with van der Waals surface area (Å²) in [4.78, 5) is 38.6. The standard InChI is InChI=1S/C25H18BrFN2O4/c1-15-2-9-19(10-3-15)29-24(31)20(23(30)28-25(29)32)12-17-6-11-22(21(26)13-17)33-14-16-4-7-18(27)8-5-16/h2-13H,14H2,1H3,(H,28,30,32)/b20-12+. The summed E-state index contributed by atoms with van der Waals surface area (Å²) in [7, 11) is 0. The van der Waals surface area contributed by atoms with Gasteiger partial charge in [0.1, 0.15) is 23.7 Å². The fourth-order valence-electron chi connectivity index (χ4n) is 3.22. The maximum atomic E-state index is 13.0. The second-order valence-electron chi connectivity index (χ2n) is 7.40. The van der Waals surface area contributed by atoms with Crippen LogP contribution >= 0.6 is 15.9 Å². The number of benzene rings is 3. The molecule has 1 heterocycles. The number of rotatable bonds is 5. The van der Waals surface area contributed by atoms with Crippen LogP contribution in [0.4, 0.5) is 14.9 Å². The largest absolute Gasteiger partial charge is 0.488 e. The molecule has 0 radical (unpaired) electrons. The number of carbonyl (C=O) groups is 3. The number of nitrogens with one attached hydrogen (secondary N) is 1. The van der Waals surface area contributed by atoms with E-state index in [9.17, 15) is 18.8 Å². The molecule has 33 heavy (non-hydrogen) atoms. The van der Waals surface area contributed by atoms with E-state index in [4.69, 9.17) is 4.74 Å². The lowest BCUT2D eigenvalue weighted by molar-refractivity contribution is -0.122. The maximum absolute atomic E-state index is 13.0. The van der Waals surface area contributed by atoms with E-state index in [0.29, 0.717) is 21.5 Å². The second-order valence-corrected chi connectivity index (χ2v) is 8.25. The zero-order chi connectivity index (χ0) is 23.5. The molecule has 0 spiro atoms. The van der Waals surface area contributed by atoms with E-state index in [1.165, 1.54) is 18.2 Å². The third kappa shape index (κ3) is 5.01. The van der Waals surface area contributed by atoms with Crippen molar-refractivity contribution in [3.8, 4) is 5.75 Å². The number of barbiturate groups is 1. The lowest BCUT2D eigenvalue weighted by Gasteiger charge is -2.26. The van der Waals surface area contributed by atoms with Crippen LogP contribution < -0.4 is 15.0 Å². The summed E-state index contributed by atoms with van der Waals surface area (Å²) < 4.78 is 19.4. The minimum atomic E-state index is -0.795. The molecule has 6 nitrogen and oxygen atoms in total. The summed E-state index contributed by atoms with van der Waals surface area (Å²) in [5, 5.41) is 2.21. The number of hydrogen-bond acceptors (Lipinski definition) is 4. The minimum Gasteiger partial charge on any atom is -0.488 e. The first-order valence-electron chi connectivity index (χ1n) is 9.97. The molecular formula is C25H18BrFN2O4. The number of anilines is 1. The summed E-state index contributed by atoms with van der Waals surface area (Å²) in [6.45, 7) is 2.13. The van der Waals surface area contributed by atoms with Crippen molar-refractivity contribution < 1.29 is 23.5 Å². The van der Waals surface area contributed by atoms with Gasteiger partial charge in [-0.15, -0.1) is 0 Å². The molecule has 4 amide bonds. The molecule has 0 bridgehead atoms. The molecule has 1 N–H and O–H groups in total. The van der Waals surface area contributed by atoms with Crippen molar-refractivity contribution in [3.63, 3.8) is 0 Å². The predicted molar refractivity (Wildman–Crippen MR) is 125 cm³/mol. The summed E-state index contributed by atoms with van der Waals surface area (Å²) >= 11 is 3.43. The molecule has 4 rings (SSSR count). The van der Waals surface area contributed by atoms with Crippen LogP contribution in [0.25, 0.3) is 6.08 Å². The highest BCUT2D eigenvalue weighted by atomic mass is 79.9. The van der Waals surface area contributed by atoms with E-state index in [1.807, 2.05) is 6.92 Å². The van der Waals surface area contributed by atoms with Crippen molar-refractivity contribution in [2.45, 2.75) is 13.5 Å². The number of amides is 4. The molecule has 1 fully saturated rings. The number of nitrogens with zero attached hydrogens (tertiary/aromatic N) is 1. The molecule has 1 saturated heterocycles. The molecule has 0 saturated carbocycles. The Morgan fingerprint density at radius 2 is 1.70 bits per heavy atom. The van der Waals surface area contributed by atoms with Crippen LogP contribution in [0.5, 0.6) is 5.75 Å². The van der Waals surface area contributed by atoms with Gasteiger partial charge < -0.3 is 4.74 Å². The van der Waals surface area contributed by atoms with Gasteiger partial charge in [-0.2, -0.15) is 0 Å². The Labute approximate surface area is 197 Å². The Morgan fingerprint density at radius 3 is 2.36 bits per heavy atom. The van der Waals surface area contributed by atoms with Gasteiger partial charge >= 0.3 is 6.03 Å². The SMILES string of the molecule is Cc1ccc(N2C(=O)NC(=O)/C(=C\c3ccc(OCc4ccc(F)cc4)c(Br)c3)C2=O)cc1. The number of urea groups is 1. The van der Waals surface area contributed by atoms with Crippen molar-refractivity contribution in [2.24, 2.45) is 0 Å². The highest BCUT2D eigenvalue weighted by Crippen LogP contribution is 2.29. The monoisotopic (exact) mass is 508 g/mol. The van der Waals surface area contributed by atoms with Crippen LogP contribution in [0, 0.1) is 12.7 Å². The molecule has 0 unspecified atom stereocenters. The zero-order valence-electron chi connectivity index (χ0n) is 17.5. The van der Waals surface area contributed by atoms with Crippen LogP contribution in [-0.2, 0) is 16.2 Å². The van der Waals surface area contributed by atoms with Gasteiger partial charge in [-0.1, -0.05) is 35.9 Å². The van der Waals surface area contributed by atoms with Crippen LogP contribution in [0.1, 0.15) is 16.7 Å². The van der Waals surface area contributed by atoms with E-state index in [1.54, 1.807) is 54.6 Å². The summed E-state index contributed by atoms with van der Waals surface area (Å²) in [6, 6.07) is 17.1. The Morgan fingerprint density at radius 1 is 1.00 bits per heavy atom. The Hall–Kier alpha value is -3.78. The Bertz CT molecular complexity index is 1270. The van der Waals surface area contributed by atoms with Crippen LogP contribution in [0.15, 0.2) is 76.8 Å². The first-order valence-corrected chi connectivity index (χ1v) is 10.8. The van der Waals surface area contributed by atoms with Gasteiger partial charge in [-0.3, -0.25) is 14.9 Å². The number of aryl methyl sites for hydroxylation is 1. The number of imide groups is 2. The molecule has 166 valence electrons. The number of ether oxygens (including phenoxy) is 1. The van der Waals surface area contributed by atoms with Crippen molar-refractivity contribution in [2.75, 3.05) is 4.90 Å². The van der Waals surface area contributed by atoms with Gasteiger partial charge in [0.05, 0.1) is 10.2 Å². The fourth-order valence-corrected chi connectivity index (χ4v) is 3.73. The quantitative estimate of drug-likeness (QED) is 0.382. The molecule has 8 heteroatoms. The molecule has 0 aliphatic carbocycles. The molecule has 0 aromatic heterocycles. The first-order chi connectivity index (χ1) is 15.8. The van der Waals surface area contributed by atoms with E-state index in [2.05, 4.69) is 21.2 Å². The Balaban J connectivity index is 1.55. The van der Waals surface area contributed by atoms with E-state index in [-0.39, 0.29) is 18.0 Å². The van der Waals surface area contributed by atoms with Gasteiger partial charge in [-0.05, 0) is 76.5 Å². The smallest absolute Gasteiger partial charge is 0.335 e. The lowest BCUT2D eigenvalue weighted by atomic mass is 10.1. The van der Waals surface area contributed by atoms with Gasteiger partial charge in [0.15, 0.2) is 0 Å². The zero-order valence-corrected chi connectivity index (χ0v) is 19.1. The number of halogens is 2. The molecule has 1 aliphatic heterocycles. The topological polar surface area (TPSA) is 75.7 Å². The lowest BCUT2D eigenvalue weighted by Crippen LogP contribution is -2.54. The highest BCUT2D eigenvalue weighted by molar-refractivity contribution is 9.10. The average molecular weight is 509 g/mol. The number of hydrogen-bond donors (Lipinski definition) is 1. The second kappa shape index (κ2) is 9.38. The molecular weight excluding hydrogens is 491 g/mol. The number of carbonyl (C=O) groups excluding carboxylic acids is 3. The van der Waals surface area contributed by atoms with Crippen molar-refractivity contribution in [1.29, 1.82) is 0 Å². The van der Waals surface area contributed by atoms with E-state index < -0.39 is 17.8 Å². The van der Waals surface area contributed by atoms with Gasteiger partial charge in [-0.25, -0.2) is 14.1 Å². The van der Waals surface area contributed by atoms with Gasteiger partial charge in [0.25, 0.3) is 11.8 Å². The fraction of sp³-hybridized carbons (Fsp3) is 0.0800. The van der Waals surface area contributed by atoms with Crippen LogP contribution in [0.2, 0.25) is 0 Å². The van der Waals surface area contributed by atoms with E-state index in [0.717, 1.165) is 16.0 Å². The third-order valence-electron chi connectivity index (χ3n) is 4.97. The molecule has 3 aromatic rings. The highest BCUT2D eigenvalue weighted by Gasteiger charge is 2.36. The first kappa shape index (κ1) is 22.4. The summed E-state index contributed by atoms with van der Waals surface area (Å²) in [6.07, 6.45) is 1.42.